The summed E-state index contributed by atoms with van der Waals surface area (Å²) < 4.78 is 32.7. The molecule has 0 radical (unpaired) electrons. The van der Waals surface area contributed by atoms with Crippen LogP contribution in [0.2, 0.25) is 0 Å². The van der Waals surface area contributed by atoms with E-state index in [0.29, 0.717) is 12.3 Å². The molecule has 0 aliphatic carbocycles. The van der Waals surface area contributed by atoms with Gasteiger partial charge in [-0.05, 0) is 41.5 Å². The Labute approximate surface area is 129 Å². The van der Waals surface area contributed by atoms with Gasteiger partial charge in [0, 0.05) is 6.54 Å². The second kappa shape index (κ2) is 8.76. The number of alkyl halides is 1. The van der Waals surface area contributed by atoms with Gasteiger partial charge in [0.2, 0.25) is 10.0 Å². The van der Waals surface area contributed by atoms with Crippen molar-refractivity contribution in [3.63, 3.8) is 0 Å². The van der Waals surface area contributed by atoms with Crippen LogP contribution in [0.3, 0.4) is 0 Å². The lowest BCUT2D eigenvalue weighted by molar-refractivity contribution is 0.414. The Morgan fingerprint density at radius 2 is 1.74 bits per heavy atom. The van der Waals surface area contributed by atoms with Crippen molar-refractivity contribution in [2.24, 2.45) is 0 Å². The minimum Gasteiger partial charge on any atom is -0.497 e. The van der Waals surface area contributed by atoms with Crippen LogP contribution < -0.4 is 9.46 Å². The lowest BCUT2D eigenvalue weighted by Crippen LogP contribution is -2.24. The largest absolute Gasteiger partial charge is 0.497 e. The van der Waals surface area contributed by atoms with Gasteiger partial charge in [0.25, 0.3) is 0 Å². The van der Waals surface area contributed by atoms with E-state index in [9.17, 15) is 8.42 Å². The minimum absolute atomic E-state index is 0.278. The summed E-state index contributed by atoms with van der Waals surface area (Å²) in [5.41, 5.74) is 0. The molecule has 1 rings (SSSR count). The van der Waals surface area contributed by atoms with E-state index in [1.807, 2.05) is 0 Å². The van der Waals surface area contributed by atoms with Gasteiger partial charge in [0.1, 0.15) is 5.75 Å². The molecule has 19 heavy (non-hydrogen) atoms. The topological polar surface area (TPSA) is 55.4 Å². The summed E-state index contributed by atoms with van der Waals surface area (Å²) in [6.45, 7) is 0.496. The highest BCUT2D eigenvalue weighted by Crippen LogP contribution is 2.15. The van der Waals surface area contributed by atoms with Crippen LogP contribution in [-0.4, -0.2) is 26.5 Å². The molecule has 0 aliphatic heterocycles. The van der Waals surface area contributed by atoms with Gasteiger partial charge in [-0.1, -0.05) is 35.4 Å². The SMILES string of the molecule is COc1ccc(S(=O)(=O)NCCCCCCI)cc1. The summed E-state index contributed by atoms with van der Waals surface area (Å²) in [7, 11) is -1.83. The Hall–Kier alpha value is -0.340. The zero-order valence-corrected chi connectivity index (χ0v) is 14.0. The van der Waals surface area contributed by atoms with Crippen molar-refractivity contribution in [2.45, 2.75) is 30.6 Å². The minimum atomic E-state index is -3.39. The molecule has 0 unspecified atom stereocenters. The summed E-state index contributed by atoms with van der Waals surface area (Å²) >= 11 is 2.35. The van der Waals surface area contributed by atoms with Crippen LogP contribution in [0.15, 0.2) is 29.2 Å². The molecule has 108 valence electrons. The van der Waals surface area contributed by atoms with Gasteiger partial charge >= 0.3 is 0 Å². The van der Waals surface area contributed by atoms with Crippen LogP contribution in [0.25, 0.3) is 0 Å². The smallest absolute Gasteiger partial charge is 0.240 e. The maximum Gasteiger partial charge on any atom is 0.240 e. The normalized spacial score (nSPS) is 11.5. The number of methoxy groups -OCH3 is 1. The third-order valence-electron chi connectivity index (χ3n) is 2.72. The third kappa shape index (κ3) is 6.09. The molecule has 0 atom stereocenters. The van der Waals surface area contributed by atoms with Gasteiger partial charge in [0.15, 0.2) is 0 Å². The predicted molar refractivity (Wildman–Crippen MR) is 85.5 cm³/mol. The number of halogens is 1. The molecule has 0 bridgehead atoms. The second-order valence-corrected chi connectivity index (χ2v) is 7.02. The molecule has 6 heteroatoms. The van der Waals surface area contributed by atoms with E-state index in [-0.39, 0.29) is 4.90 Å². The van der Waals surface area contributed by atoms with Crippen molar-refractivity contribution >= 4 is 32.6 Å². The van der Waals surface area contributed by atoms with E-state index in [2.05, 4.69) is 27.3 Å². The number of hydrogen-bond acceptors (Lipinski definition) is 3. The van der Waals surface area contributed by atoms with Gasteiger partial charge in [0.05, 0.1) is 12.0 Å². The average molecular weight is 397 g/mol. The molecule has 0 amide bonds. The van der Waals surface area contributed by atoms with E-state index in [1.54, 1.807) is 31.4 Å². The van der Waals surface area contributed by atoms with Gasteiger partial charge < -0.3 is 4.74 Å². The molecule has 4 nitrogen and oxygen atoms in total. The van der Waals surface area contributed by atoms with Crippen LogP contribution in [0.4, 0.5) is 0 Å². The first-order valence-corrected chi connectivity index (χ1v) is 9.30. The number of ether oxygens (including phenoxy) is 1. The van der Waals surface area contributed by atoms with Crippen LogP contribution in [-0.2, 0) is 10.0 Å². The van der Waals surface area contributed by atoms with Gasteiger partial charge in [-0.2, -0.15) is 0 Å². The molecule has 0 saturated heterocycles. The zero-order valence-electron chi connectivity index (χ0n) is 11.1. The van der Waals surface area contributed by atoms with Gasteiger partial charge in [-0.15, -0.1) is 0 Å². The predicted octanol–water partition coefficient (Wildman–Crippen LogP) is 2.97. The number of rotatable bonds is 9. The first kappa shape index (κ1) is 16.7. The molecule has 0 saturated carbocycles. The summed E-state index contributed by atoms with van der Waals surface area (Å²) in [5.74, 6) is 0.651. The standard InChI is InChI=1S/C13H20INO3S/c1-18-12-6-8-13(9-7-12)19(16,17)15-11-5-3-2-4-10-14/h6-9,15H,2-5,10-11H2,1H3. The highest BCUT2D eigenvalue weighted by Gasteiger charge is 2.12. The Balaban J connectivity index is 2.42. The fourth-order valence-electron chi connectivity index (χ4n) is 1.62. The Bertz CT molecular complexity index is 459. The van der Waals surface area contributed by atoms with E-state index < -0.39 is 10.0 Å². The summed E-state index contributed by atoms with van der Waals surface area (Å²) in [6.07, 6.45) is 4.30. The van der Waals surface area contributed by atoms with Crippen LogP contribution in [0, 0.1) is 0 Å². The van der Waals surface area contributed by atoms with Crippen molar-refractivity contribution in [3.8, 4) is 5.75 Å². The van der Waals surface area contributed by atoms with E-state index in [0.717, 1.165) is 23.7 Å². The monoisotopic (exact) mass is 397 g/mol. The van der Waals surface area contributed by atoms with Crippen LogP contribution in [0.1, 0.15) is 25.7 Å². The lowest BCUT2D eigenvalue weighted by Gasteiger charge is -2.07. The van der Waals surface area contributed by atoms with Crippen LogP contribution in [0.5, 0.6) is 5.75 Å². The molecule has 1 aromatic carbocycles. The first-order chi connectivity index (χ1) is 9.10. The quantitative estimate of drug-likeness (QED) is 0.396. The molecule has 0 fully saturated rings. The summed E-state index contributed by atoms with van der Waals surface area (Å²) in [6, 6.07) is 6.40. The fourth-order valence-corrected chi connectivity index (χ4v) is 3.23. The van der Waals surface area contributed by atoms with Crippen molar-refractivity contribution < 1.29 is 13.2 Å². The molecule has 0 aromatic heterocycles. The summed E-state index contributed by atoms with van der Waals surface area (Å²) in [4.78, 5) is 0.278. The number of hydrogen-bond donors (Lipinski definition) is 1. The average Bonchev–Trinajstić information content (AvgIpc) is 2.43. The lowest BCUT2D eigenvalue weighted by atomic mass is 10.2. The highest BCUT2D eigenvalue weighted by atomic mass is 127. The maximum atomic E-state index is 12.0. The van der Waals surface area contributed by atoms with Crippen molar-refractivity contribution in [1.29, 1.82) is 0 Å². The van der Waals surface area contributed by atoms with E-state index in [1.165, 1.54) is 6.42 Å². The molecule has 0 spiro atoms. The van der Waals surface area contributed by atoms with Crippen molar-refractivity contribution in [1.82, 2.24) is 4.72 Å². The number of nitrogens with one attached hydrogen (secondary N) is 1. The molecular weight excluding hydrogens is 377 g/mol. The molecule has 0 aliphatic rings. The maximum absolute atomic E-state index is 12.0. The molecule has 1 aromatic rings. The van der Waals surface area contributed by atoms with Gasteiger partial charge in [-0.3, -0.25) is 0 Å². The Kier molecular flexibility index (Phi) is 7.70. The third-order valence-corrected chi connectivity index (χ3v) is 4.96. The van der Waals surface area contributed by atoms with Crippen LogP contribution >= 0.6 is 22.6 Å². The zero-order chi connectivity index (χ0) is 14.1. The number of sulfonamides is 1. The molecule has 0 heterocycles. The van der Waals surface area contributed by atoms with Crippen molar-refractivity contribution in [3.05, 3.63) is 24.3 Å². The Morgan fingerprint density at radius 3 is 2.32 bits per heavy atom. The van der Waals surface area contributed by atoms with E-state index in [4.69, 9.17) is 4.74 Å². The molecular formula is C13H20INO3S. The fraction of sp³-hybridized carbons (Fsp3) is 0.538. The molecule has 1 N–H and O–H groups in total. The number of benzene rings is 1. The second-order valence-electron chi connectivity index (χ2n) is 4.18. The van der Waals surface area contributed by atoms with Crippen molar-refractivity contribution in [2.75, 3.05) is 18.1 Å². The Morgan fingerprint density at radius 1 is 1.11 bits per heavy atom. The number of unbranched alkanes of at least 4 members (excludes halogenated alkanes) is 3. The highest BCUT2D eigenvalue weighted by molar-refractivity contribution is 14.1. The first-order valence-electron chi connectivity index (χ1n) is 6.30. The summed E-state index contributed by atoms with van der Waals surface area (Å²) in [5, 5.41) is 0. The van der Waals surface area contributed by atoms with Gasteiger partial charge in [-0.25, -0.2) is 13.1 Å². The van der Waals surface area contributed by atoms with E-state index >= 15 is 0 Å².